The van der Waals surface area contributed by atoms with Crippen molar-refractivity contribution in [1.82, 2.24) is 5.32 Å². The van der Waals surface area contributed by atoms with Crippen molar-refractivity contribution in [3.63, 3.8) is 0 Å². The van der Waals surface area contributed by atoms with Gasteiger partial charge in [0.1, 0.15) is 0 Å². The second-order valence-corrected chi connectivity index (χ2v) is 3.16. The van der Waals surface area contributed by atoms with Gasteiger partial charge in [-0.1, -0.05) is 6.08 Å². The zero-order valence-corrected chi connectivity index (χ0v) is 7.07. The molecule has 0 saturated carbocycles. The van der Waals surface area contributed by atoms with E-state index in [2.05, 4.69) is 16.4 Å². The van der Waals surface area contributed by atoms with Gasteiger partial charge >= 0.3 is 0 Å². The molecule has 2 heterocycles. The Kier molecular flexibility index (Phi) is 2.54. The molecule has 2 rings (SSSR count). The van der Waals surface area contributed by atoms with Gasteiger partial charge in [-0.3, -0.25) is 4.99 Å². The number of allylic oxidation sites excluding steroid dienone is 1. The molecule has 3 heteroatoms. The van der Waals surface area contributed by atoms with Crippen LogP contribution in [-0.2, 0) is 4.74 Å². The van der Waals surface area contributed by atoms with Crippen molar-refractivity contribution < 1.29 is 4.74 Å². The Morgan fingerprint density at radius 3 is 3.17 bits per heavy atom. The van der Waals surface area contributed by atoms with Crippen molar-refractivity contribution in [3.8, 4) is 0 Å². The lowest BCUT2D eigenvalue weighted by Gasteiger charge is -2.29. The smallest absolute Gasteiger partial charge is 0.0709 e. The molecule has 0 amide bonds. The van der Waals surface area contributed by atoms with Crippen LogP contribution in [0.15, 0.2) is 17.1 Å². The number of ether oxygens (including phenoxy) is 1. The van der Waals surface area contributed by atoms with Crippen molar-refractivity contribution in [2.45, 2.75) is 18.5 Å². The zero-order chi connectivity index (χ0) is 8.23. The first-order chi connectivity index (χ1) is 5.97. The van der Waals surface area contributed by atoms with Crippen LogP contribution >= 0.6 is 0 Å². The lowest BCUT2D eigenvalue weighted by atomic mass is 10.0. The highest BCUT2D eigenvalue weighted by Gasteiger charge is 2.22. The van der Waals surface area contributed by atoms with Gasteiger partial charge < -0.3 is 10.1 Å². The summed E-state index contributed by atoms with van der Waals surface area (Å²) in [6, 6.07) is 0.801. The number of rotatable bonds is 1. The van der Waals surface area contributed by atoms with Crippen LogP contribution in [0, 0.1) is 0 Å². The average Bonchev–Trinajstić information content (AvgIpc) is 2.21. The standard InChI is InChI=1S/C9H14N2O/c1-2-4-10-8(3-1)9-7-12-6-5-11-9/h1-2,4,8-9,11H,3,5-7H2. The Bertz CT molecular complexity index is 195. The van der Waals surface area contributed by atoms with Crippen LogP contribution in [-0.4, -0.2) is 38.1 Å². The summed E-state index contributed by atoms with van der Waals surface area (Å²) in [5, 5.41) is 3.42. The maximum Gasteiger partial charge on any atom is 0.0709 e. The van der Waals surface area contributed by atoms with Gasteiger partial charge in [-0.25, -0.2) is 0 Å². The van der Waals surface area contributed by atoms with Crippen LogP contribution < -0.4 is 5.32 Å². The molecule has 2 aliphatic heterocycles. The van der Waals surface area contributed by atoms with E-state index >= 15 is 0 Å². The molecule has 2 aliphatic rings. The fourth-order valence-electron chi connectivity index (χ4n) is 1.60. The van der Waals surface area contributed by atoms with E-state index in [9.17, 15) is 0 Å². The third-order valence-electron chi connectivity index (χ3n) is 2.29. The largest absolute Gasteiger partial charge is 0.378 e. The summed E-state index contributed by atoms with van der Waals surface area (Å²) in [4.78, 5) is 4.40. The van der Waals surface area contributed by atoms with E-state index in [0.717, 1.165) is 26.2 Å². The SMILES string of the molecule is C1=CCC(C2COCCN2)N=C1. The molecule has 0 spiro atoms. The lowest BCUT2D eigenvalue weighted by Crippen LogP contribution is -2.48. The Balaban J connectivity index is 1.90. The fraction of sp³-hybridized carbons (Fsp3) is 0.667. The molecule has 0 radical (unpaired) electrons. The van der Waals surface area contributed by atoms with E-state index in [1.807, 2.05) is 12.3 Å². The van der Waals surface area contributed by atoms with Gasteiger partial charge in [-0.05, 0) is 12.5 Å². The molecular weight excluding hydrogens is 152 g/mol. The highest BCUT2D eigenvalue weighted by Crippen LogP contribution is 2.10. The monoisotopic (exact) mass is 166 g/mol. The van der Waals surface area contributed by atoms with Gasteiger partial charge in [-0.15, -0.1) is 0 Å². The lowest BCUT2D eigenvalue weighted by molar-refractivity contribution is 0.0691. The summed E-state index contributed by atoms with van der Waals surface area (Å²) in [6.07, 6.45) is 7.08. The number of morpholine rings is 1. The van der Waals surface area contributed by atoms with Gasteiger partial charge in [0.25, 0.3) is 0 Å². The summed E-state index contributed by atoms with van der Waals surface area (Å²) in [5.74, 6) is 0. The number of dihydropyridines is 1. The maximum absolute atomic E-state index is 5.37. The van der Waals surface area contributed by atoms with Crippen LogP contribution in [0.5, 0.6) is 0 Å². The summed E-state index contributed by atoms with van der Waals surface area (Å²) in [7, 11) is 0. The zero-order valence-electron chi connectivity index (χ0n) is 7.07. The number of hydrogen-bond acceptors (Lipinski definition) is 3. The first kappa shape index (κ1) is 7.95. The summed E-state index contributed by atoms with van der Waals surface area (Å²) < 4.78 is 5.37. The molecule has 0 bridgehead atoms. The third kappa shape index (κ3) is 1.73. The van der Waals surface area contributed by atoms with E-state index in [4.69, 9.17) is 4.74 Å². The quantitative estimate of drug-likeness (QED) is 0.610. The van der Waals surface area contributed by atoms with Crippen LogP contribution in [0.4, 0.5) is 0 Å². The van der Waals surface area contributed by atoms with Gasteiger partial charge in [0, 0.05) is 12.8 Å². The highest BCUT2D eigenvalue weighted by atomic mass is 16.5. The Morgan fingerprint density at radius 2 is 2.50 bits per heavy atom. The predicted molar refractivity (Wildman–Crippen MR) is 48.6 cm³/mol. The first-order valence-electron chi connectivity index (χ1n) is 4.46. The van der Waals surface area contributed by atoms with E-state index in [1.165, 1.54) is 0 Å². The Labute approximate surface area is 72.5 Å². The number of nitrogens with zero attached hydrogens (tertiary/aromatic N) is 1. The van der Waals surface area contributed by atoms with E-state index in [1.54, 1.807) is 0 Å². The van der Waals surface area contributed by atoms with Crippen LogP contribution in [0.3, 0.4) is 0 Å². The minimum atomic E-state index is 0.385. The molecule has 12 heavy (non-hydrogen) atoms. The van der Waals surface area contributed by atoms with Crippen molar-refractivity contribution in [3.05, 3.63) is 12.2 Å². The molecule has 0 aliphatic carbocycles. The third-order valence-corrected chi connectivity index (χ3v) is 2.29. The minimum absolute atomic E-state index is 0.385. The van der Waals surface area contributed by atoms with Crippen molar-refractivity contribution in [2.75, 3.05) is 19.8 Å². The predicted octanol–water partition coefficient (Wildman–Crippen LogP) is 0.374. The van der Waals surface area contributed by atoms with Crippen LogP contribution in [0.25, 0.3) is 0 Å². The Hall–Kier alpha value is -0.670. The first-order valence-corrected chi connectivity index (χ1v) is 4.46. The normalized spacial score (nSPS) is 35.3. The average molecular weight is 166 g/mol. The molecule has 66 valence electrons. The van der Waals surface area contributed by atoms with Crippen LogP contribution in [0.1, 0.15) is 6.42 Å². The molecule has 1 fully saturated rings. The number of aliphatic imine (C=N–C) groups is 1. The highest BCUT2D eigenvalue weighted by molar-refractivity contribution is 5.72. The molecular formula is C9H14N2O. The fourth-order valence-corrected chi connectivity index (χ4v) is 1.60. The summed E-state index contributed by atoms with van der Waals surface area (Å²) >= 11 is 0. The Morgan fingerprint density at radius 1 is 1.50 bits per heavy atom. The second-order valence-electron chi connectivity index (χ2n) is 3.16. The van der Waals surface area contributed by atoms with E-state index < -0.39 is 0 Å². The molecule has 2 unspecified atom stereocenters. The molecule has 3 nitrogen and oxygen atoms in total. The maximum atomic E-state index is 5.37. The molecule has 1 saturated heterocycles. The molecule has 2 atom stereocenters. The second kappa shape index (κ2) is 3.83. The van der Waals surface area contributed by atoms with Gasteiger partial charge in [0.2, 0.25) is 0 Å². The molecule has 0 aromatic heterocycles. The molecule has 0 aromatic carbocycles. The van der Waals surface area contributed by atoms with E-state index in [-0.39, 0.29) is 0 Å². The summed E-state index contributed by atoms with van der Waals surface area (Å²) in [5.41, 5.74) is 0. The van der Waals surface area contributed by atoms with E-state index in [0.29, 0.717) is 12.1 Å². The summed E-state index contributed by atoms with van der Waals surface area (Å²) in [6.45, 7) is 2.60. The van der Waals surface area contributed by atoms with Crippen molar-refractivity contribution >= 4 is 6.21 Å². The van der Waals surface area contributed by atoms with Gasteiger partial charge in [-0.2, -0.15) is 0 Å². The van der Waals surface area contributed by atoms with Crippen molar-refractivity contribution in [1.29, 1.82) is 0 Å². The van der Waals surface area contributed by atoms with Gasteiger partial charge in [0.05, 0.1) is 25.3 Å². The number of hydrogen-bond donors (Lipinski definition) is 1. The molecule has 1 N–H and O–H groups in total. The number of nitrogens with one attached hydrogen (secondary N) is 1. The van der Waals surface area contributed by atoms with Gasteiger partial charge in [0.15, 0.2) is 0 Å². The molecule has 0 aromatic rings. The van der Waals surface area contributed by atoms with Crippen molar-refractivity contribution in [2.24, 2.45) is 4.99 Å². The van der Waals surface area contributed by atoms with Crippen LogP contribution in [0.2, 0.25) is 0 Å². The topological polar surface area (TPSA) is 33.6 Å². The minimum Gasteiger partial charge on any atom is -0.378 e.